The van der Waals surface area contributed by atoms with E-state index in [0.29, 0.717) is 48.6 Å². The zero-order chi connectivity index (χ0) is 20.5. The van der Waals surface area contributed by atoms with Crippen LogP contribution >= 0.6 is 0 Å². The molecule has 0 aliphatic carbocycles. The highest BCUT2D eigenvalue weighted by Crippen LogP contribution is 2.27. The van der Waals surface area contributed by atoms with Gasteiger partial charge < -0.3 is 14.8 Å². The van der Waals surface area contributed by atoms with Gasteiger partial charge in [-0.2, -0.15) is 0 Å². The lowest BCUT2D eigenvalue weighted by atomic mass is 10.0. The largest absolute Gasteiger partial charge is 0.352 e. The number of anilines is 1. The van der Waals surface area contributed by atoms with E-state index in [1.807, 2.05) is 6.07 Å². The number of nitrogens with one attached hydrogen (secondary N) is 1. The van der Waals surface area contributed by atoms with Crippen LogP contribution in [-0.2, 0) is 0 Å². The average Bonchev–Trinajstić information content (AvgIpc) is 3.28. The number of fused-ring (bicyclic) bond motifs is 1. The molecule has 0 unspecified atom stereocenters. The molecule has 1 aliphatic heterocycles. The van der Waals surface area contributed by atoms with Gasteiger partial charge in [-0.1, -0.05) is 0 Å². The molecule has 0 saturated carbocycles. The molecule has 1 aliphatic rings. The van der Waals surface area contributed by atoms with E-state index in [1.54, 1.807) is 35.8 Å². The minimum absolute atomic E-state index is 0.200. The summed E-state index contributed by atoms with van der Waals surface area (Å²) in [4.78, 5) is 36.8. The SMILES string of the molecule is O=C(c1cc(F)cc(-c2ncnc3[nH]ccc23)c1)N1CCN(c2cnccn2)CC1. The molecule has 1 saturated heterocycles. The van der Waals surface area contributed by atoms with Gasteiger partial charge in [-0.05, 0) is 24.3 Å². The molecule has 30 heavy (non-hydrogen) atoms. The van der Waals surface area contributed by atoms with Crippen LogP contribution in [0.5, 0.6) is 0 Å². The van der Waals surface area contributed by atoms with Crippen LogP contribution in [0.4, 0.5) is 10.2 Å². The molecule has 5 rings (SSSR count). The zero-order valence-electron chi connectivity index (χ0n) is 16.0. The van der Waals surface area contributed by atoms with Crippen LogP contribution in [0.2, 0.25) is 0 Å². The van der Waals surface area contributed by atoms with Gasteiger partial charge in [-0.15, -0.1) is 0 Å². The Balaban J connectivity index is 1.39. The van der Waals surface area contributed by atoms with Crippen molar-refractivity contribution in [3.05, 3.63) is 66.8 Å². The smallest absolute Gasteiger partial charge is 0.254 e. The summed E-state index contributed by atoms with van der Waals surface area (Å²) in [6.45, 7) is 2.33. The quantitative estimate of drug-likeness (QED) is 0.565. The normalized spacial score (nSPS) is 14.3. The molecule has 1 amide bonds. The first kappa shape index (κ1) is 18.2. The predicted octanol–water partition coefficient (Wildman–Crippen LogP) is 2.52. The molecular formula is C21H18FN7O. The molecule has 0 atom stereocenters. The average molecular weight is 403 g/mol. The number of halogens is 1. The van der Waals surface area contributed by atoms with Gasteiger partial charge in [0.1, 0.15) is 23.6 Å². The fourth-order valence-corrected chi connectivity index (χ4v) is 3.73. The second-order valence-corrected chi connectivity index (χ2v) is 7.03. The van der Waals surface area contributed by atoms with Crippen LogP contribution in [0.1, 0.15) is 10.4 Å². The van der Waals surface area contributed by atoms with Crippen LogP contribution in [-0.4, -0.2) is 61.9 Å². The number of piperazine rings is 1. The summed E-state index contributed by atoms with van der Waals surface area (Å²) in [6, 6.07) is 6.19. The molecule has 0 radical (unpaired) electrons. The molecule has 1 aromatic carbocycles. The number of nitrogens with zero attached hydrogens (tertiary/aromatic N) is 6. The van der Waals surface area contributed by atoms with Gasteiger partial charge in [0, 0.05) is 61.3 Å². The van der Waals surface area contributed by atoms with E-state index in [9.17, 15) is 9.18 Å². The minimum atomic E-state index is -0.476. The van der Waals surface area contributed by atoms with Gasteiger partial charge in [-0.25, -0.2) is 19.3 Å². The fourth-order valence-electron chi connectivity index (χ4n) is 3.73. The lowest BCUT2D eigenvalue weighted by Crippen LogP contribution is -2.49. The first-order chi connectivity index (χ1) is 14.7. The van der Waals surface area contributed by atoms with E-state index >= 15 is 0 Å². The van der Waals surface area contributed by atoms with Crippen molar-refractivity contribution in [1.29, 1.82) is 0 Å². The van der Waals surface area contributed by atoms with Crippen LogP contribution in [0, 0.1) is 5.82 Å². The minimum Gasteiger partial charge on any atom is -0.352 e. The summed E-state index contributed by atoms with van der Waals surface area (Å²) in [5.41, 5.74) is 2.10. The van der Waals surface area contributed by atoms with Gasteiger partial charge >= 0.3 is 0 Å². The van der Waals surface area contributed by atoms with Crippen molar-refractivity contribution in [1.82, 2.24) is 29.8 Å². The Morgan fingerprint density at radius 1 is 1.03 bits per heavy atom. The maximum absolute atomic E-state index is 14.4. The summed E-state index contributed by atoms with van der Waals surface area (Å²) in [5.74, 6) is 0.113. The third-order valence-electron chi connectivity index (χ3n) is 5.21. The fraction of sp³-hybridized carbons (Fsp3) is 0.190. The third-order valence-corrected chi connectivity index (χ3v) is 5.21. The van der Waals surface area contributed by atoms with E-state index < -0.39 is 5.82 Å². The van der Waals surface area contributed by atoms with Crippen molar-refractivity contribution in [2.45, 2.75) is 0 Å². The van der Waals surface area contributed by atoms with Crippen molar-refractivity contribution in [3.8, 4) is 11.3 Å². The number of aromatic amines is 1. The van der Waals surface area contributed by atoms with Gasteiger partial charge in [0.2, 0.25) is 0 Å². The third kappa shape index (κ3) is 3.34. The second-order valence-electron chi connectivity index (χ2n) is 7.03. The van der Waals surface area contributed by atoms with Gasteiger partial charge in [-0.3, -0.25) is 9.78 Å². The standard InChI is InChI=1S/C21H18FN7O/c22-16-10-14(19-17-1-2-25-20(17)27-13-26-19)9-15(11-16)21(30)29-7-5-28(6-8-29)18-12-23-3-4-24-18/h1-4,9-13H,5-8H2,(H,25,26,27). The van der Waals surface area contributed by atoms with Gasteiger partial charge in [0.05, 0.1) is 11.9 Å². The number of aromatic nitrogens is 5. The van der Waals surface area contributed by atoms with Crippen LogP contribution in [0.15, 0.2) is 55.4 Å². The molecule has 150 valence electrons. The molecule has 0 spiro atoms. The van der Waals surface area contributed by atoms with E-state index in [4.69, 9.17) is 0 Å². The molecule has 1 fully saturated rings. The van der Waals surface area contributed by atoms with Crippen molar-refractivity contribution >= 4 is 22.8 Å². The molecule has 1 N–H and O–H groups in total. The summed E-state index contributed by atoms with van der Waals surface area (Å²) < 4.78 is 14.4. The Bertz CT molecular complexity index is 1200. The summed E-state index contributed by atoms with van der Waals surface area (Å²) in [6.07, 6.45) is 8.16. The highest BCUT2D eigenvalue weighted by atomic mass is 19.1. The van der Waals surface area contributed by atoms with E-state index in [2.05, 4.69) is 29.8 Å². The van der Waals surface area contributed by atoms with Crippen LogP contribution in [0.3, 0.4) is 0 Å². The number of hydrogen-bond donors (Lipinski definition) is 1. The number of hydrogen-bond acceptors (Lipinski definition) is 6. The molecule has 4 aromatic rings. The monoisotopic (exact) mass is 403 g/mol. The highest BCUT2D eigenvalue weighted by Gasteiger charge is 2.24. The number of amides is 1. The first-order valence-corrected chi connectivity index (χ1v) is 9.58. The number of benzene rings is 1. The van der Waals surface area contributed by atoms with Gasteiger partial charge in [0.15, 0.2) is 0 Å². The maximum atomic E-state index is 14.4. The number of carbonyl (C=O) groups excluding carboxylic acids is 1. The number of carbonyl (C=O) groups is 1. The first-order valence-electron chi connectivity index (χ1n) is 9.58. The number of rotatable bonds is 3. The lowest BCUT2D eigenvalue weighted by Gasteiger charge is -2.35. The summed E-state index contributed by atoms with van der Waals surface area (Å²) in [5, 5.41) is 0.777. The second kappa shape index (κ2) is 7.51. The van der Waals surface area contributed by atoms with Gasteiger partial charge in [0.25, 0.3) is 5.91 Å². The Morgan fingerprint density at radius 2 is 1.90 bits per heavy atom. The highest BCUT2D eigenvalue weighted by molar-refractivity contribution is 5.97. The van der Waals surface area contributed by atoms with E-state index in [-0.39, 0.29) is 5.91 Å². The lowest BCUT2D eigenvalue weighted by molar-refractivity contribution is 0.0746. The molecule has 8 nitrogen and oxygen atoms in total. The Morgan fingerprint density at radius 3 is 2.70 bits per heavy atom. The Labute approximate surface area is 171 Å². The maximum Gasteiger partial charge on any atom is 0.254 e. The molecule has 0 bridgehead atoms. The Hall–Kier alpha value is -3.88. The molecule has 4 heterocycles. The molecular weight excluding hydrogens is 385 g/mol. The van der Waals surface area contributed by atoms with Crippen molar-refractivity contribution in [2.75, 3.05) is 31.1 Å². The predicted molar refractivity (Wildman–Crippen MR) is 109 cm³/mol. The summed E-state index contributed by atoms with van der Waals surface area (Å²) >= 11 is 0. The Kier molecular flexibility index (Phi) is 4.55. The number of H-pyrrole nitrogens is 1. The van der Waals surface area contributed by atoms with Crippen molar-refractivity contribution in [2.24, 2.45) is 0 Å². The van der Waals surface area contributed by atoms with Crippen molar-refractivity contribution < 1.29 is 9.18 Å². The van der Waals surface area contributed by atoms with Crippen LogP contribution in [0.25, 0.3) is 22.3 Å². The van der Waals surface area contributed by atoms with Crippen LogP contribution < -0.4 is 4.90 Å². The van der Waals surface area contributed by atoms with E-state index in [0.717, 1.165) is 11.2 Å². The molecule has 3 aromatic heterocycles. The van der Waals surface area contributed by atoms with E-state index in [1.165, 1.54) is 18.5 Å². The van der Waals surface area contributed by atoms with Crippen molar-refractivity contribution in [3.63, 3.8) is 0 Å². The topological polar surface area (TPSA) is 90.9 Å². The zero-order valence-corrected chi connectivity index (χ0v) is 16.0. The summed E-state index contributed by atoms with van der Waals surface area (Å²) in [7, 11) is 0. The molecule has 9 heteroatoms.